The highest BCUT2D eigenvalue weighted by Crippen LogP contribution is 2.42. The minimum atomic E-state index is 0.218. The molecule has 1 aliphatic carbocycles. The predicted octanol–water partition coefficient (Wildman–Crippen LogP) is 3.94. The predicted molar refractivity (Wildman–Crippen MR) is 85.9 cm³/mol. The van der Waals surface area contributed by atoms with Gasteiger partial charge in [0.25, 0.3) is 0 Å². The first-order chi connectivity index (χ1) is 9.83. The molecule has 3 heteroatoms. The lowest BCUT2D eigenvalue weighted by molar-refractivity contribution is 0.410. The summed E-state index contributed by atoms with van der Waals surface area (Å²) in [5.41, 5.74) is 7.27. The fourth-order valence-electron chi connectivity index (χ4n) is 3.32. The van der Waals surface area contributed by atoms with E-state index in [9.17, 15) is 0 Å². The molecule has 0 aliphatic heterocycles. The molecule has 2 atom stereocenters. The third kappa shape index (κ3) is 2.53. The van der Waals surface area contributed by atoms with Crippen molar-refractivity contribution in [1.29, 1.82) is 0 Å². The number of hydrogen-bond donors (Lipinski definition) is 2. The van der Waals surface area contributed by atoms with Gasteiger partial charge in [0, 0.05) is 10.8 Å². The monoisotopic (exact) mass is 286 g/mol. The molecule has 1 heterocycles. The molecule has 20 heavy (non-hydrogen) atoms. The second kappa shape index (κ2) is 6.08. The quantitative estimate of drug-likeness (QED) is 0.660. The Morgan fingerprint density at radius 3 is 3.10 bits per heavy atom. The number of nitrogens with two attached hydrogens (primary N) is 1. The van der Waals surface area contributed by atoms with Crippen LogP contribution in [0.15, 0.2) is 35.7 Å². The van der Waals surface area contributed by atoms with Gasteiger partial charge in [-0.2, -0.15) is 0 Å². The fraction of sp³-hybridized carbons (Fsp3) is 0.412. The molecule has 2 aromatic rings. The van der Waals surface area contributed by atoms with E-state index in [0.717, 1.165) is 6.42 Å². The normalized spacial score (nSPS) is 19.6. The smallest absolute Gasteiger partial charge is 0.0528 e. The molecule has 0 spiro atoms. The van der Waals surface area contributed by atoms with Crippen LogP contribution in [0.1, 0.15) is 53.3 Å². The number of aryl methyl sites for hydroxylation is 2. The SMILES string of the molecule is CCc1cccc(C(NN)C2CCCc3sccc32)c1. The number of rotatable bonds is 4. The van der Waals surface area contributed by atoms with Crippen LogP contribution < -0.4 is 11.3 Å². The highest BCUT2D eigenvalue weighted by atomic mass is 32.1. The fourth-order valence-corrected chi connectivity index (χ4v) is 4.32. The van der Waals surface area contributed by atoms with Gasteiger partial charge in [-0.25, -0.2) is 0 Å². The van der Waals surface area contributed by atoms with E-state index in [1.54, 1.807) is 4.88 Å². The number of fused-ring (bicyclic) bond motifs is 1. The van der Waals surface area contributed by atoms with Crippen LogP contribution in [-0.4, -0.2) is 0 Å². The van der Waals surface area contributed by atoms with Gasteiger partial charge >= 0.3 is 0 Å². The second-order valence-corrected chi connectivity index (χ2v) is 6.54. The van der Waals surface area contributed by atoms with Crippen molar-refractivity contribution >= 4 is 11.3 Å². The van der Waals surface area contributed by atoms with Crippen molar-refractivity contribution < 1.29 is 0 Å². The molecule has 0 fully saturated rings. The van der Waals surface area contributed by atoms with Gasteiger partial charge < -0.3 is 0 Å². The summed E-state index contributed by atoms with van der Waals surface area (Å²) < 4.78 is 0. The Hall–Kier alpha value is -1.16. The lowest BCUT2D eigenvalue weighted by Gasteiger charge is -2.30. The van der Waals surface area contributed by atoms with Crippen LogP contribution >= 0.6 is 11.3 Å². The van der Waals surface area contributed by atoms with Crippen LogP contribution in [-0.2, 0) is 12.8 Å². The third-order valence-electron chi connectivity index (χ3n) is 4.40. The Bertz CT molecular complexity index is 576. The van der Waals surface area contributed by atoms with E-state index in [-0.39, 0.29) is 6.04 Å². The maximum Gasteiger partial charge on any atom is 0.0528 e. The average Bonchev–Trinajstić information content (AvgIpc) is 2.97. The summed E-state index contributed by atoms with van der Waals surface area (Å²) in [6, 6.07) is 11.3. The molecule has 3 rings (SSSR count). The van der Waals surface area contributed by atoms with Crippen LogP contribution in [0.2, 0.25) is 0 Å². The summed E-state index contributed by atoms with van der Waals surface area (Å²) in [5.74, 6) is 6.41. The van der Waals surface area contributed by atoms with Crippen molar-refractivity contribution in [3.8, 4) is 0 Å². The maximum absolute atomic E-state index is 5.91. The van der Waals surface area contributed by atoms with E-state index < -0.39 is 0 Å². The van der Waals surface area contributed by atoms with Crippen molar-refractivity contribution in [2.45, 2.75) is 44.6 Å². The van der Waals surface area contributed by atoms with Crippen LogP contribution in [0.3, 0.4) is 0 Å². The van der Waals surface area contributed by atoms with Gasteiger partial charge in [-0.15, -0.1) is 11.3 Å². The summed E-state index contributed by atoms with van der Waals surface area (Å²) in [4.78, 5) is 1.55. The summed E-state index contributed by atoms with van der Waals surface area (Å²) >= 11 is 1.89. The van der Waals surface area contributed by atoms with E-state index in [0.29, 0.717) is 5.92 Å². The number of nitrogens with one attached hydrogen (secondary N) is 1. The maximum atomic E-state index is 5.91. The summed E-state index contributed by atoms with van der Waals surface area (Å²) in [5, 5.41) is 2.22. The first-order valence-electron chi connectivity index (χ1n) is 7.44. The van der Waals surface area contributed by atoms with E-state index in [4.69, 9.17) is 5.84 Å². The molecular weight excluding hydrogens is 264 g/mol. The highest BCUT2D eigenvalue weighted by molar-refractivity contribution is 7.10. The van der Waals surface area contributed by atoms with Gasteiger partial charge in [0.05, 0.1) is 6.04 Å². The minimum absolute atomic E-state index is 0.218. The van der Waals surface area contributed by atoms with E-state index in [1.165, 1.54) is 36.0 Å². The molecule has 3 N–H and O–H groups in total. The summed E-state index contributed by atoms with van der Waals surface area (Å²) in [7, 11) is 0. The van der Waals surface area contributed by atoms with Gasteiger partial charge in [0.1, 0.15) is 0 Å². The molecule has 1 aromatic heterocycles. The molecule has 1 aliphatic rings. The van der Waals surface area contributed by atoms with Crippen LogP contribution in [0.4, 0.5) is 0 Å². The van der Waals surface area contributed by atoms with Gasteiger partial charge in [0.15, 0.2) is 0 Å². The molecule has 1 aromatic carbocycles. The molecule has 2 nitrogen and oxygen atoms in total. The Morgan fingerprint density at radius 2 is 2.30 bits per heavy atom. The number of hydrazine groups is 1. The second-order valence-electron chi connectivity index (χ2n) is 5.54. The summed E-state index contributed by atoms with van der Waals surface area (Å²) in [6.45, 7) is 2.20. The van der Waals surface area contributed by atoms with Crippen molar-refractivity contribution in [2.24, 2.45) is 5.84 Å². The van der Waals surface area contributed by atoms with Gasteiger partial charge in [0.2, 0.25) is 0 Å². The number of thiophene rings is 1. The molecule has 106 valence electrons. The lowest BCUT2D eigenvalue weighted by Crippen LogP contribution is -2.33. The summed E-state index contributed by atoms with van der Waals surface area (Å²) in [6.07, 6.45) is 4.79. The van der Waals surface area contributed by atoms with Crippen molar-refractivity contribution in [3.63, 3.8) is 0 Å². The molecule has 2 unspecified atom stereocenters. The highest BCUT2D eigenvalue weighted by Gasteiger charge is 2.29. The molecule has 0 saturated heterocycles. The molecule has 0 saturated carbocycles. The number of benzene rings is 1. The van der Waals surface area contributed by atoms with Crippen LogP contribution in [0.25, 0.3) is 0 Å². The largest absolute Gasteiger partial charge is 0.271 e. The van der Waals surface area contributed by atoms with Crippen molar-refractivity contribution in [2.75, 3.05) is 0 Å². The van der Waals surface area contributed by atoms with Crippen molar-refractivity contribution in [3.05, 3.63) is 57.3 Å². The average molecular weight is 286 g/mol. The van der Waals surface area contributed by atoms with Crippen LogP contribution in [0, 0.1) is 0 Å². The molecule has 0 radical (unpaired) electrons. The first kappa shape index (κ1) is 13.8. The van der Waals surface area contributed by atoms with Gasteiger partial charge in [-0.3, -0.25) is 11.3 Å². The standard InChI is InChI=1S/C17H22N2S/c1-2-12-5-3-6-13(11-12)17(19-18)15-7-4-8-16-14(15)9-10-20-16/h3,5-6,9-11,15,17,19H,2,4,7-8,18H2,1H3. The van der Waals surface area contributed by atoms with E-state index in [2.05, 4.69) is 48.1 Å². The van der Waals surface area contributed by atoms with Gasteiger partial charge in [-0.1, -0.05) is 31.2 Å². The van der Waals surface area contributed by atoms with Gasteiger partial charge in [-0.05, 0) is 53.8 Å². The Morgan fingerprint density at radius 1 is 1.40 bits per heavy atom. The Kier molecular flexibility index (Phi) is 4.20. The van der Waals surface area contributed by atoms with Crippen LogP contribution in [0.5, 0.6) is 0 Å². The number of hydrogen-bond acceptors (Lipinski definition) is 3. The lowest BCUT2D eigenvalue weighted by atomic mass is 9.80. The zero-order valence-corrected chi connectivity index (χ0v) is 12.7. The zero-order valence-electron chi connectivity index (χ0n) is 11.9. The Balaban J connectivity index is 1.95. The molecule has 0 bridgehead atoms. The van der Waals surface area contributed by atoms with E-state index in [1.807, 2.05) is 11.3 Å². The molecular formula is C17H22N2S. The minimum Gasteiger partial charge on any atom is -0.271 e. The Labute approximate surface area is 125 Å². The topological polar surface area (TPSA) is 38.0 Å². The van der Waals surface area contributed by atoms with E-state index >= 15 is 0 Å². The van der Waals surface area contributed by atoms with Crippen molar-refractivity contribution in [1.82, 2.24) is 5.43 Å². The third-order valence-corrected chi connectivity index (χ3v) is 5.40. The molecule has 0 amide bonds. The first-order valence-corrected chi connectivity index (χ1v) is 8.32. The zero-order chi connectivity index (χ0) is 13.9.